The van der Waals surface area contributed by atoms with Gasteiger partial charge in [-0.1, -0.05) is 0 Å². The molecule has 0 bridgehead atoms. The molecule has 6 aliphatic rings. The summed E-state index contributed by atoms with van der Waals surface area (Å²) in [4.78, 5) is 100. The third-order valence-electron chi connectivity index (χ3n) is 16.5. The molecular formula is C60H60F3N21O3S3. The molecule has 0 saturated carbocycles. The molecule has 30 heteroatoms. The molecule has 0 aliphatic carbocycles. The Morgan fingerprint density at radius 2 is 0.800 bits per heavy atom. The van der Waals surface area contributed by atoms with E-state index < -0.39 is 11.9 Å². The number of amides is 3. The standard InChI is InChI=1S/3C20H20FN7OS/c1-12-14-8-23-20(16-10-30-11-24-16)25-15(14)2-4-28(12)13-6-17(21)26-18(7-13)27-5-3-22-19(29)9-27;1-12-14-8-23-20(16-10-30-11-24-16)25-15(14)2-4-28(12)18-7-13(6-17(21)26-18)27-5-3-22-19(29)9-27;1-12-14-8-23-20(16-10-30-11-24-16)25-15(14)2-4-28(12)18-7-13(21)6-17(26-18)27-5-3-22-19(29)9-27/h3*6-8,10-12H,2-5,9H2,1H3,(H,22,29). The first kappa shape index (κ1) is 59.5. The van der Waals surface area contributed by atoms with Crippen LogP contribution < -0.4 is 45.3 Å². The van der Waals surface area contributed by atoms with Gasteiger partial charge in [0.05, 0.1) is 71.4 Å². The summed E-state index contributed by atoms with van der Waals surface area (Å²) in [5.41, 5.74) is 15.1. The molecule has 3 amide bonds. The number of pyridine rings is 3. The van der Waals surface area contributed by atoms with E-state index in [0.29, 0.717) is 118 Å². The van der Waals surface area contributed by atoms with E-state index in [0.717, 1.165) is 63.0 Å². The zero-order chi connectivity index (χ0) is 62.0. The largest absolute Gasteiger partial charge is 0.364 e. The molecule has 3 saturated heterocycles. The molecule has 9 aromatic rings. The molecular weight excluding hydrogens is 1220 g/mol. The minimum atomic E-state index is -0.554. The van der Waals surface area contributed by atoms with Gasteiger partial charge in [-0.3, -0.25) is 14.4 Å². The number of piperazine rings is 3. The number of rotatable bonds is 9. The molecule has 0 aromatic carbocycles. The Morgan fingerprint density at radius 1 is 0.422 bits per heavy atom. The predicted molar refractivity (Wildman–Crippen MR) is 336 cm³/mol. The summed E-state index contributed by atoms with van der Waals surface area (Å²) in [6, 6.07) is 9.25. The first-order valence-electron chi connectivity index (χ1n) is 29.4. The van der Waals surface area contributed by atoms with E-state index in [-0.39, 0.29) is 61.3 Å². The smallest absolute Gasteiger partial charge is 0.239 e. The van der Waals surface area contributed by atoms with Crippen LogP contribution in [0.25, 0.3) is 34.6 Å². The first-order valence-corrected chi connectivity index (χ1v) is 32.2. The Labute approximate surface area is 526 Å². The van der Waals surface area contributed by atoms with E-state index in [9.17, 15) is 27.6 Å². The lowest BCUT2D eigenvalue weighted by atomic mass is 9.99. The van der Waals surface area contributed by atoms with Crippen molar-refractivity contribution in [1.29, 1.82) is 0 Å². The topological polar surface area (TPSA) is 261 Å². The van der Waals surface area contributed by atoms with Crippen molar-refractivity contribution in [2.75, 3.05) is 108 Å². The summed E-state index contributed by atoms with van der Waals surface area (Å²) >= 11 is 4.54. The van der Waals surface area contributed by atoms with Gasteiger partial charge in [0.1, 0.15) is 46.2 Å². The molecule has 9 aromatic heterocycles. The lowest BCUT2D eigenvalue weighted by Gasteiger charge is -2.37. The SMILES string of the molecule is CC1c2cnc(-c3cscn3)nc2CCN1c1cc(F)cc(N2CCNC(=O)C2)n1.CC1c2cnc(-c3cscn3)nc2CCN1c1cc(F)nc(N2CCNC(=O)C2)c1.CC1c2cnc(-c3cscn3)nc2CCN1c1cc(N2CCNC(=O)C2)cc(F)n1. The van der Waals surface area contributed by atoms with Gasteiger partial charge in [0.25, 0.3) is 0 Å². The zero-order valence-electron chi connectivity index (χ0n) is 49.1. The maximum atomic E-state index is 14.4. The van der Waals surface area contributed by atoms with Crippen LogP contribution in [0, 0.1) is 17.7 Å². The molecule has 15 heterocycles. The maximum Gasteiger partial charge on any atom is 0.239 e. The number of hydrogen-bond acceptors (Lipinski definition) is 24. The zero-order valence-corrected chi connectivity index (χ0v) is 51.6. The van der Waals surface area contributed by atoms with Gasteiger partial charge in [0.2, 0.25) is 29.6 Å². The highest BCUT2D eigenvalue weighted by Crippen LogP contribution is 2.38. The second-order valence-electron chi connectivity index (χ2n) is 22.1. The number of aromatic nitrogens is 12. The number of fused-ring (bicyclic) bond motifs is 3. The predicted octanol–water partition coefficient (Wildman–Crippen LogP) is 6.58. The molecule has 3 atom stereocenters. The van der Waals surface area contributed by atoms with Crippen molar-refractivity contribution in [3.63, 3.8) is 0 Å². The van der Waals surface area contributed by atoms with Crippen molar-refractivity contribution in [2.24, 2.45) is 0 Å². The number of halogens is 3. The highest BCUT2D eigenvalue weighted by Gasteiger charge is 2.32. The highest BCUT2D eigenvalue weighted by molar-refractivity contribution is 7.08. The number of hydrogen-bond donors (Lipinski definition) is 3. The molecule has 462 valence electrons. The van der Waals surface area contributed by atoms with Crippen molar-refractivity contribution in [2.45, 2.75) is 58.2 Å². The quantitative estimate of drug-likeness (QED) is 0.129. The lowest BCUT2D eigenvalue weighted by molar-refractivity contribution is -0.121. The molecule has 3 unspecified atom stereocenters. The van der Waals surface area contributed by atoms with Crippen LogP contribution in [0.2, 0.25) is 0 Å². The van der Waals surface area contributed by atoms with Crippen LogP contribution in [0.1, 0.15) is 72.7 Å². The average Bonchev–Trinajstić information content (AvgIpc) is 1.42. The molecule has 3 N–H and O–H groups in total. The Morgan fingerprint density at radius 3 is 1.26 bits per heavy atom. The van der Waals surface area contributed by atoms with Gasteiger partial charge in [-0.05, 0) is 20.8 Å². The van der Waals surface area contributed by atoms with Crippen LogP contribution in [0.3, 0.4) is 0 Å². The number of carbonyl (C=O) groups is 3. The van der Waals surface area contributed by atoms with Crippen LogP contribution in [0.5, 0.6) is 0 Å². The van der Waals surface area contributed by atoms with Crippen molar-refractivity contribution < 1.29 is 27.6 Å². The molecule has 3 fully saturated rings. The molecule has 24 nitrogen and oxygen atoms in total. The van der Waals surface area contributed by atoms with Gasteiger partial charge in [-0.25, -0.2) is 64.2 Å². The number of thiazole rings is 3. The number of carbonyl (C=O) groups excluding carboxylic acids is 3. The molecule has 0 radical (unpaired) electrons. The fourth-order valence-electron chi connectivity index (χ4n) is 11.9. The molecule has 0 spiro atoms. The van der Waals surface area contributed by atoms with Crippen molar-refractivity contribution in [3.05, 3.63) is 139 Å². The van der Waals surface area contributed by atoms with E-state index in [4.69, 9.17) is 15.0 Å². The van der Waals surface area contributed by atoms with Crippen LogP contribution in [-0.4, -0.2) is 156 Å². The van der Waals surface area contributed by atoms with E-state index in [1.807, 2.05) is 65.6 Å². The average molecular weight is 1280 g/mol. The van der Waals surface area contributed by atoms with Crippen LogP contribution in [0.15, 0.2) is 87.7 Å². The summed E-state index contributed by atoms with van der Waals surface area (Å²) in [6.07, 6.45) is 7.66. The van der Waals surface area contributed by atoms with Crippen molar-refractivity contribution in [3.8, 4) is 34.6 Å². The van der Waals surface area contributed by atoms with Crippen LogP contribution in [-0.2, 0) is 33.6 Å². The van der Waals surface area contributed by atoms with Gasteiger partial charge in [0.15, 0.2) is 17.5 Å². The fourth-order valence-corrected chi connectivity index (χ4v) is 13.5. The summed E-state index contributed by atoms with van der Waals surface area (Å²) in [7, 11) is 0. The second kappa shape index (κ2) is 26.0. The third-order valence-corrected chi connectivity index (χ3v) is 18.3. The van der Waals surface area contributed by atoms with Gasteiger partial charge < -0.3 is 45.3 Å². The van der Waals surface area contributed by atoms with Gasteiger partial charge in [0, 0.05) is 177 Å². The molecule has 90 heavy (non-hydrogen) atoms. The second-order valence-corrected chi connectivity index (χ2v) is 24.3. The third kappa shape index (κ3) is 12.9. The van der Waals surface area contributed by atoms with E-state index >= 15 is 0 Å². The van der Waals surface area contributed by atoms with Crippen molar-refractivity contribution in [1.82, 2.24) is 75.8 Å². The Bertz CT molecular complexity index is 3680. The Hall–Kier alpha value is -9.42. The van der Waals surface area contributed by atoms with E-state index in [2.05, 4.69) is 82.4 Å². The van der Waals surface area contributed by atoms with Crippen LogP contribution in [0.4, 0.5) is 47.8 Å². The van der Waals surface area contributed by atoms with Crippen molar-refractivity contribution >= 4 is 86.4 Å². The van der Waals surface area contributed by atoms with Gasteiger partial charge >= 0.3 is 0 Å². The Kier molecular flexibility index (Phi) is 17.2. The lowest BCUT2D eigenvalue weighted by Crippen LogP contribution is -2.48. The number of anilines is 6. The minimum absolute atomic E-state index is 0.0162. The monoisotopic (exact) mass is 1280 g/mol. The van der Waals surface area contributed by atoms with E-state index in [1.165, 1.54) is 58.3 Å². The molecule has 6 aliphatic heterocycles. The van der Waals surface area contributed by atoms with Crippen LogP contribution >= 0.6 is 34.0 Å². The molecule has 15 rings (SSSR count). The highest BCUT2D eigenvalue weighted by atomic mass is 32.1. The Balaban J connectivity index is 0.000000124. The normalized spacial score (nSPS) is 18.9. The van der Waals surface area contributed by atoms with Gasteiger partial charge in [-0.2, -0.15) is 8.78 Å². The first-order chi connectivity index (χ1) is 43.7. The summed E-state index contributed by atoms with van der Waals surface area (Å²) in [6.45, 7) is 12.2. The summed E-state index contributed by atoms with van der Waals surface area (Å²) < 4.78 is 43.2. The number of nitrogens with one attached hydrogen (secondary N) is 3. The van der Waals surface area contributed by atoms with Gasteiger partial charge in [-0.15, -0.1) is 34.0 Å². The number of nitrogens with zero attached hydrogens (tertiary/aromatic N) is 18. The summed E-state index contributed by atoms with van der Waals surface area (Å²) in [5, 5.41) is 14.1. The fraction of sp³-hybridized carbons (Fsp3) is 0.350. The minimum Gasteiger partial charge on any atom is -0.364 e. The summed E-state index contributed by atoms with van der Waals surface area (Å²) in [5.74, 6) is 2.26. The maximum absolute atomic E-state index is 14.4. The van der Waals surface area contributed by atoms with E-state index in [1.54, 1.807) is 26.3 Å².